The summed E-state index contributed by atoms with van der Waals surface area (Å²) >= 11 is 0. The van der Waals surface area contributed by atoms with Gasteiger partial charge in [-0.3, -0.25) is 10.1 Å². The number of hydrogen-bond donors (Lipinski definition) is 0. The molecule has 1 aromatic rings. The van der Waals surface area contributed by atoms with Crippen LogP contribution in [0.15, 0.2) is 18.2 Å². The lowest BCUT2D eigenvalue weighted by molar-refractivity contribution is -0.384. The standard InChI is InChI=1S/C18H25F3N4O4S/c1-13-9-14(2)12-24(11-13)30(28,29)23-7-5-22(6-8-23)16-4-3-15(18(19,20)21)10-17(16)25(26)27/h3-4,10,13-14H,5-9,11-12H2,1-2H3/t13-,14-/m0/s1. The van der Waals surface area contributed by atoms with Crippen LogP contribution in [0.25, 0.3) is 0 Å². The molecule has 8 nitrogen and oxygen atoms in total. The van der Waals surface area contributed by atoms with Crippen molar-refractivity contribution in [1.82, 2.24) is 8.61 Å². The van der Waals surface area contributed by atoms with Crippen LogP contribution in [0.3, 0.4) is 0 Å². The van der Waals surface area contributed by atoms with Gasteiger partial charge in [0.15, 0.2) is 0 Å². The van der Waals surface area contributed by atoms with E-state index < -0.39 is 32.6 Å². The first kappa shape index (κ1) is 22.8. The first-order valence-corrected chi connectivity index (χ1v) is 11.1. The molecule has 30 heavy (non-hydrogen) atoms. The van der Waals surface area contributed by atoms with Gasteiger partial charge in [-0.25, -0.2) is 0 Å². The van der Waals surface area contributed by atoms with Crippen LogP contribution in [0, 0.1) is 22.0 Å². The van der Waals surface area contributed by atoms with Gasteiger partial charge in [0, 0.05) is 45.3 Å². The minimum absolute atomic E-state index is 0.0604. The highest BCUT2D eigenvalue weighted by Crippen LogP contribution is 2.37. The quantitative estimate of drug-likeness (QED) is 0.520. The van der Waals surface area contributed by atoms with Crippen LogP contribution in [0.1, 0.15) is 25.8 Å². The third kappa shape index (κ3) is 4.70. The number of nitrogens with zero attached hydrogens (tertiary/aromatic N) is 4. The summed E-state index contributed by atoms with van der Waals surface area (Å²) in [5, 5.41) is 11.3. The third-order valence-corrected chi connectivity index (χ3v) is 7.54. The Hall–Kier alpha value is -1.92. The average Bonchev–Trinajstić information content (AvgIpc) is 2.66. The predicted octanol–water partition coefficient (Wildman–Crippen LogP) is 2.96. The van der Waals surface area contributed by atoms with E-state index in [1.165, 1.54) is 8.61 Å². The van der Waals surface area contributed by atoms with Crippen LogP contribution < -0.4 is 4.90 Å². The second-order valence-corrected chi connectivity index (χ2v) is 10.0. The first-order valence-electron chi connectivity index (χ1n) is 9.75. The van der Waals surface area contributed by atoms with Gasteiger partial charge in [-0.15, -0.1) is 0 Å². The zero-order valence-electron chi connectivity index (χ0n) is 16.8. The molecular formula is C18H25F3N4O4S. The topological polar surface area (TPSA) is 87.0 Å². The fourth-order valence-corrected chi connectivity index (χ4v) is 6.07. The Morgan fingerprint density at radius 3 is 2.10 bits per heavy atom. The van der Waals surface area contributed by atoms with Crippen LogP contribution >= 0.6 is 0 Å². The summed E-state index contributed by atoms with van der Waals surface area (Å²) in [5.74, 6) is 0.527. The van der Waals surface area contributed by atoms with Gasteiger partial charge in [0.1, 0.15) is 5.69 Å². The molecule has 168 valence electrons. The highest BCUT2D eigenvalue weighted by atomic mass is 32.2. The molecule has 2 fully saturated rings. The number of hydrogen-bond acceptors (Lipinski definition) is 5. The van der Waals surface area contributed by atoms with Crippen molar-refractivity contribution in [3.63, 3.8) is 0 Å². The maximum Gasteiger partial charge on any atom is 0.416 e. The molecule has 2 heterocycles. The Balaban J connectivity index is 1.75. The fourth-order valence-electron chi connectivity index (χ4n) is 4.23. The van der Waals surface area contributed by atoms with Crippen molar-refractivity contribution in [2.75, 3.05) is 44.2 Å². The predicted molar refractivity (Wildman–Crippen MR) is 105 cm³/mol. The van der Waals surface area contributed by atoms with E-state index in [4.69, 9.17) is 0 Å². The molecular weight excluding hydrogens is 425 g/mol. The molecule has 0 aliphatic carbocycles. The number of piperazine rings is 1. The Labute approximate surface area is 173 Å². The lowest BCUT2D eigenvalue weighted by Crippen LogP contribution is -2.55. The molecule has 2 saturated heterocycles. The van der Waals surface area contributed by atoms with Gasteiger partial charge >= 0.3 is 6.18 Å². The van der Waals surface area contributed by atoms with Crippen LogP contribution in [-0.4, -0.2) is 61.2 Å². The van der Waals surface area contributed by atoms with E-state index in [1.807, 2.05) is 13.8 Å². The van der Waals surface area contributed by atoms with Crippen molar-refractivity contribution in [3.05, 3.63) is 33.9 Å². The van der Waals surface area contributed by atoms with Gasteiger partial charge in [-0.2, -0.15) is 30.2 Å². The Morgan fingerprint density at radius 2 is 1.60 bits per heavy atom. The van der Waals surface area contributed by atoms with Crippen LogP contribution in [0.2, 0.25) is 0 Å². The van der Waals surface area contributed by atoms with Crippen molar-refractivity contribution in [1.29, 1.82) is 0 Å². The first-order chi connectivity index (χ1) is 13.9. The van der Waals surface area contributed by atoms with Crippen molar-refractivity contribution in [2.24, 2.45) is 11.8 Å². The van der Waals surface area contributed by atoms with Crippen molar-refractivity contribution in [3.8, 4) is 0 Å². The maximum absolute atomic E-state index is 13.0. The number of rotatable bonds is 4. The van der Waals surface area contributed by atoms with Crippen LogP contribution in [0.5, 0.6) is 0 Å². The minimum atomic E-state index is -4.68. The highest BCUT2D eigenvalue weighted by molar-refractivity contribution is 7.86. The fraction of sp³-hybridized carbons (Fsp3) is 0.667. The van der Waals surface area contributed by atoms with Crippen LogP contribution in [-0.2, 0) is 16.4 Å². The second kappa shape index (κ2) is 8.31. The molecule has 0 saturated carbocycles. The van der Waals surface area contributed by atoms with E-state index in [1.54, 1.807) is 4.90 Å². The third-order valence-electron chi connectivity index (χ3n) is 5.57. The summed E-state index contributed by atoms with van der Waals surface area (Å²) in [6.07, 6.45) is -3.71. The molecule has 1 aromatic carbocycles. The lowest BCUT2D eigenvalue weighted by atomic mass is 9.94. The van der Waals surface area contributed by atoms with Crippen LogP contribution in [0.4, 0.5) is 24.5 Å². The van der Waals surface area contributed by atoms with E-state index in [2.05, 4.69) is 0 Å². The zero-order chi connectivity index (χ0) is 22.3. The Kier molecular flexibility index (Phi) is 6.30. The average molecular weight is 450 g/mol. The monoisotopic (exact) mass is 450 g/mol. The van der Waals surface area contributed by atoms with Crippen molar-refractivity contribution in [2.45, 2.75) is 26.4 Å². The second-order valence-electron chi connectivity index (χ2n) is 8.12. The molecule has 0 amide bonds. The van der Waals surface area contributed by atoms with E-state index in [-0.39, 0.29) is 43.7 Å². The maximum atomic E-state index is 13.0. The smallest absolute Gasteiger partial charge is 0.363 e. The molecule has 2 atom stereocenters. The highest BCUT2D eigenvalue weighted by Gasteiger charge is 2.38. The molecule has 2 aliphatic rings. The summed E-state index contributed by atoms with van der Waals surface area (Å²) in [7, 11) is -3.65. The number of alkyl halides is 3. The molecule has 12 heteroatoms. The largest absolute Gasteiger partial charge is 0.416 e. The van der Waals surface area contributed by atoms with Crippen molar-refractivity contribution >= 4 is 21.6 Å². The Morgan fingerprint density at radius 1 is 1.03 bits per heavy atom. The molecule has 0 N–H and O–H groups in total. The van der Waals surface area contributed by atoms with E-state index >= 15 is 0 Å². The summed E-state index contributed by atoms with van der Waals surface area (Å²) < 4.78 is 67.6. The number of anilines is 1. The Bertz CT molecular complexity index is 891. The van der Waals surface area contributed by atoms with Gasteiger partial charge in [0.2, 0.25) is 0 Å². The number of piperidine rings is 1. The summed E-state index contributed by atoms with van der Waals surface area (Å²) in [6, 6.07) is 2.41. The summed E-state index contributed by atoms with van der Waals surface area (Å²) in [6.45, 7) is 5.47. The van der Waals surface area contributed by atoms with Gasteiger partial charge < -0.3 is 4.90 Å². The summed E-state index contributed by atoms with van der Waals surface area (Å²) in [4.78, 5) is 12.1. The number of nitro benzene ring substituents is 1. The number of halogens is 3. The summed E-state index contributed by atoms with van der Waals surface area (Å²) in [5.41, 5.74) is -1.67. The zero-order valence-corrected chi connectivity index (χ0v) is 17.6. The minimum Gasteiger partial charge on any atom is -0.363 e. The normalized spacial score (nSPS) is 24.8. The lowest BCUT2D eigenvalue weighted by Gasteiger charge is -2.40. The molecule has 0 spiro atoms. The van der Waals surface area contributed by atoms with Gasteiger partial charge in [0.25, 0.3) is 15.9 Å². The van der Waals surface area contributed by atoms with Gasteiger partial charge in [-0.05, 0) is 30.4 Å². The van der Waals surface area contributed by atoms with Gasteiger partial charge in [-0.1, -0.05) is 13.8 Å². The van der Waals surface area contributed by atoms with E-state index in [0.29, 0.717) is 19.2 Å². The molecule has 0 radical (unpaired) electrons. The van der Waals surface area contributed by atoms with E-state index in [9.17, 15) is 31.7 Å². The molecule has 0 aromatic heterocycles. The molecule has 0 bridgehead atoms. The number of nitro groups is 1. The van der Waals surface area contributed by atoms with E-state index in [0.717, 1.165) is 18.6 Å². The molecule has 0 unspecified atom stereocenters. The van der Waals surface area contributed by atoms with Crippen molar-refractivity contribution < 1.29 is 26.5 Å². The number of benzene rings is 1. The molecule has 2 aliphatic heterocycles. The molecule has 3 rings (SSSR count). The SMILES string of the molecule is C[C@H]1C[C@H](C)CN(S(=O)(=O)N2CCN(c3ccc(C(F)(F)F)cc3[N+](=O)[O-])CC2)C1. The van der Waals surface area contributed by atoms with Gasteiger partial charge in [0.05, 0.1) is 10.5 Å².